The number of nitrogens with zero attached hydrogens (tertiary/aromatic N) is 1. The first-order chi connectivity index (χ1) is 7.18. The van der Waals surface area contributed by atoms with Crippen molar-refractivity contribution in [3.8, 4) is 0 Å². The smallest absolute Gasteiger partial charge is 0.0962 e. The molecule has 0 saturated heterocycles. The van der Waals surface area contributed by atoms with Gasteiger partial charge in [-0.1, -0.05) is 19.3 Å². The number of hydrogen-bond donors (Lipinski definition) is 1. The number of nitrogens with two attached hydrogens (primary N) is 1. The minimum absolute atomic E-state index is 0.139. The van der Waals surface area contributed by atoms with Gasteiger partial charge in [0, 0.05) is 16.8 Å². The summed E-state index contributed by atoms with van der Waals surface area (Å²) in [6, 6.07) is 0.139. The lowest BCUT2D eigenvalue weighted by Gasteiger charge is -2.18. The highest BCUT2D eigenvalue weighted by molar-refractivity contribution is 7.11. The second kappa shape index (κ2) is 4.62. The lowest BCUT2D eigenvalue weighted by atomic mass is 9.90. The van der Waals surface area contributed by atoms with Crippen molar-refractivity contribution in [1.82, 2.24) is 4.98 Å². The molecule has 0 aromatic carbocycles. The molecule has 1 heterocycles. The van der Waals surface area contributed by atoms with E-state index in [0.29, 0.717) is 0 Å². The maximum absolute atomic E-state index is 5.93. The molecular weight excluding hydrogens is 204 g/mol. The summed E-state index contributed by atoms with van der Waals surface area (Å²) in [7, 11) is 0. The Hall–Kier alpha value is -0.410. The Labute approximate surface area is 95.9 Å². The predicted molar refractivity (Wildman–Crippen MR) is 65.3 cm³/mol. The number of aromatic nitrogens is 1. The number of aryl methyl sites for hydroxylation is 1. The molecule has 84 valence electrons. The van der Waals surface area contributed by atoms with Crippen LogP contribution in [-0.4, -0.2) is 4.98 Å². The van der Waals surface area contributed by atoms with Crippen LogP contribution in [0.1, 0.15) is 66.6 Å². The Morgan fingerprint density at radius 3 is 2.53 bits per heavy atom. The van der Waals surface area contributed by atoms with Gasteiger partial charge < -0.3 is 5.73 Å². The van der Waals surface area contributed by atoms with Gasteiger partial charge in [0.25, 0.3) is 0 Å². The van der Waals surface area contributed by atoms with E-state index < -0.39 is 0 Å². The second-order valence-corrected chi connectivity index (χ2v) is 5.69. The van der Waals surface area contributed by atoms with Crippen molar-refractivity contribution in [2.45, 2.75) is 57.9 Å². The molecule has 2 N–H and O–H groups in total. The number of rotatable bonds is 2. The molecule has 2 rings (SSSR count). The molecule has 1 unspecified atom stereocenters. The van der Waals surface area contributed by atoms with Gasteiger partial charge in [0.15, 0.2) is 0 Å². The summed E-state index contributed by atoms with van der Waals surface area (Å²) < 4.78 is 0. The van der Waals surface area contributed by atoms with Crippen molar-refractivity contribution < 1.29 is 0 Å². The van der Waals surface area contributed by atoms with Crippen LogP contribution in [0.2, 0.25) is 0 Å². The van der Waals surface area contributed by atoms with Crippen molar-refractivity contribution in [2.24, 2.45) is 5.73 Å². The molecule has 1 aliphatic carbocycles. The normalized spacial score (nSPS) is 20.5. The monoisotopic (exact) mass is 224 g/mol. The molecule has 0 spiro atoms. The van der Waals surface area contributed by atoms with Crippen LogP contribution in [0.5, 0.6) is 0 Å². The standard InChI is InChI=1S/C12H20N2S/c1-8(13)11-9(2)14-12(15-11)10-6-4-3-5-7-10/h8,10H,3-7,13H2,1-2H3. The fourth-order valence-electron chi connectivity index (χ4n) is 2.38. The third-order valence-electron chi connectivity index (χ3n) is 3.22. The van der Waals surface area contributed by atoms with E-state index in [0.717, 1.165) is 11.6 Å². The van der Waals surface area contributed by atoms with Crippen LogP contribution < -0.4 is 5.73 Å². The zero-order valence-corrected chi connectivity index (χ0v) is 10.4. The summed E-state index contributed by atoms with van der Waals surface area (Å²) in [5.41, 5.74) is 7.08. The molecule has 3 heteroatoms. The molecule has 0 radical (unpaired) electrons. The summed E-state index contributed by atoms with van der Waals surface area (Å²) in [6.45, 7) is 4.13. The van der Waals surface area contributed by atoms with Crippen LogP contribution in [0.4, 0.5) is 0 Å². The van der Waals surface area contributed by atoms with Crippen LogP contribution in [0.3, 0.4) is 0 Å². The first-order valence-electron chi connectivity index (χ1n) is 5.91. The Bertz CT molecular complexity index is 324. The van der Waals surface area contributed by atoms with E-state index in [9.17, 15) is 0 Å². The molecule has 1 aliphatic rings. The lowest BCUT2D eigenvalue weighted by molar-refractivity contribution is 0.442. The van der Waals surface area contributed by atoms with Gasteiger partial charge in [-0.25, -0.2) is 4.98 Å². The fraction of sp³-hybridized carbons (Fsp3) is 0.750. The van der Waals surface area contributed by atoms with Crippen molar-refractivity contribution in [3.05, 3.63) is 15.6 Å². The van der Waals surface area contributed by atoms with Crippen LogP contribution in [0.25, 0.3) is 0 Å². The van der Waals surface area contributed by atoms with Crippen molar-refractivity contribution in [3.63, 3.8) is 0 Å². The minimum atomic E-state index is 0.139. The summed E-state index contributed by atoms with van der Waals surface area (Å²) >= 11 is 1.84. The third kappa shape index (κ3) is 2.40. The van der Waals surface area contributed by atoms with Crippen molar-refractivity contribution in [1.29, 1.82) is 0 Å². The van der Waals surface area contributed by atoms with Crippen LogP contribution in [-0.2, 0) is 0 Å². The van der Waals surface area contributed by atoms with E-state index in [2.05, 4.69) is 6.92 Å². The lowest BCUT2D eigenvalue weighted by Crippen LogP contribution is -2.03. The molecule has 1 aromatic heterocycles. The van der Waals surface area contributed by atoms with E-state index in [-0.39, 0.29) is 6.04 Å². The van der Waals surface area contributed by atoms with Crippen molar-refractivity contribution >= 4 is 11.3 Å². The molecule has 2 nitrogen and oxygen atoms in total. The molecule has 0 aliphatic heterocycles. The second-order valence-electron chi connectivity index (χ2n) is 4.63. The summed E-state index contributed by atoms with van der Waals surface area (Å²) in [5.74, 6) is 0.718. The van der Waals surface area contributed by atoms with Gasteiger partial charge in [0.2, 0.25) is 0 Å². The highest BCUT2D eigenvalue weighted by Crippen LogP contribution is 2.36. The van der Waals surface area contributed by atoms with Crippen LogP contribution in [0, 0.1) is 6.92 Å². The summed E-state index contributed by atoms with van der Waals surface area (Å²) in [6.07, 6.45) is 6.80. The van der Waals surface area contributed by atoms with Gasteiger partial charge in [0.1, 0.15) is 0 Å². The molecule has 1 aromatic rings. The Morgan fingerprint density at radius 1 is 1.33 bits per heavy atom. The predicted octanol–water partition coefficient (Wildman–Crippen LogP) is 3.52. The van der Waals surface area contributed by atoms with E-state index in [1.165, 1.54) is 42.0 Å². The third-order valence-corrected chi connectivity index (χ3v) is 4.74. The van der Waals surface area contributed by atoms with Gasteiger partial charge in [-0.05, 0) is 26.7 Å². The molecule has 1 fully saturated rings. The first-order valence-corrected chi connectivity index (χ1v) is 6.73. The van der Waals surface area contributed by atoms with Gasteiger partial charge in [-0.3, -0.25) is 0 Å². The van der Waals surface area contributed by atoms with E-state index in [1.807, 2.05) is 18.3 Å². The van der Waals surface area contributed by atoms with Crippen LogP contribution >= 0.6 is 11.3 Å². The fourth-order valence-corrected chi connectivity index (χ4v) is 3.57. The Kier molecular flexibility index (Phi) is 3.42. The molecule has 0 bridgehead atoms. The minimum Gasteiger partial charge on any atom is -0.323 e. The van der Waals surface area contributed by atoms with Crippen molar-refractivity contribution in [2.75, 3.05) is 0 Å². The zero-order valence-electron chi connectivity index (χ0n) is 9.62. The molecule has 1 saturated carbocycles. The van der Waals surface area contributed by atoms with Gasteiger partial charge >= 0.3 is 0 Å². The molecule has 0 amide bonds. The first kappa shape index (κ1) is 11.1. The molecule has 15 heavy (non-hydrogen) atoms. The average molecular weight is 224 g/mol. The Morgan fingerprint density at radius 2 is 2.00 bits per heavy atom. The quantitative estimate of drug-likeness (QED) is 0.834. The topological polar surface area (TPSA) is 38.9 Å². The highest BCUT2D eigenvalue weighted by atomic mass is 32.1. The molecule has 1 atom stereocenters. The van der Waals surface area contributed by atoms with Gasteiger partial charge in [-0.2, -0.15) is 0 Å². The maximum Gasteiger partial charge on any atom is 0.0962 e. The maximum atomic E-state index is 5.93. The van der Waals surface area contributed by atoms with Gasteiger partial charge in [0.05, 0.1) is 10.7 Å². The number of thiazole rings is 1. The largest absolute Gasteiger partial charge is 0.323 e. The zero-order chi connectivity index (χ0) is 10.8. The average Bonchev–Trinajstić information content (AvgIpc) is 2.62. The Balaban J connectivity index is 2.17. The van der Waals surface area contributed by atoms with Gasteiger partial charge in [-0.15, -0.1) is 11.3 Å². The SMILES string of the molecule is Cc1nc(C2CCCCC2)sc1C(C)N. The van der Waals surface area contributed by atoms with E-state index in [4.69, 9.17) is 10.7 Å². The van der Waals surface area contributed by atoms with E-state index in [1.54, 1.807) is 0 Å². The summed E-state index contributed by atoms with van der Waals surface area (Å²) in [5, 5.41) is 1.33. The number of hydrogen-bond acceptors (Lipinski definition) is 3. The van der Waals surface area contributed by atoms with Crippen LogP contribution in [0.15, 0.2) is 0 Å². The highest BCUT2D eigenvalue weighted by Gasteiger charge is 2.20. The van der Waals surface area contributed by atoms with E-state index >= 15 is 0 Å². The molecular formula is C12H20N2S. The summed E-state index contributed by atoms with van der Waals surface area (Å²) in [4.78, 5) is 5.97.